The van der Waals surface area contributed by atoms with Crippen molar-refractivity contribution in [3.8, 4) is 0 Å². The van der Waals surface area contributed by atoms with Crippen molar-refractivity contribution >= 4 is 23.2 Å². The van der Waals surface area contributed by atoms with Gasteiger partial charge in [0.25, 0.3) is 0 Å². The SMILES string of the molecule is CC(C)CC1(C(NN)c2cc(Cl)ccc2Cl)CCCC1. The van der Waals surface area contributed by atoms with E-state index in [4.69, 9.17) is 29.0 Å². The molecule has 1 atom stereocenters. The van der Waals surface area contributed by atoms with Crippen LogP contribution in [0.25, 0.3) is 0 Å². The number of nitrogens with one attached hydrogen (secondary N) is 1. The third kappa shape index (κ3) is 3.30. The molecule has 2 nitrogen and oxygen atoms in total. The molecule has 0 heterocycles. The molecule has 1 aromatic rings. The molecule has 20 heavy (non-hydrogen) atoms. The minimum absolute atomic E-state index is 0.0681. The van der Waals surface area contributed by atoms with Gasteiger partial charge in [-0.3, -0.25) is 11.3 Å². The van der Waals surface area contributed by atoms with Crippen molar-refractivity contribution in [3.63, 3.8) is 0 Å². The maximum absolute atomic E-state index is 6.39. The van der Waals surface area contributed by atoms with E-state index in [2.05, 4.69) is 19.3 Å². The summed E-state index contributed by atoms with van der Waals surface area (Å²) in [6, 6.07) is 5.71. The quantitative estimate of drug-likeness (QED) is 0.586. The van der Waals surface area contributed by atoms with Crippen LogP contribution in [0.2, 0.25) is 10.0 Å². The van der Waals surface area contributed by atoms with Gasteiger partial charge >= 0.3 is 0 Å². The molecular formula is C16H24Cl2N2. The van der Waals surface area contributed by atoms with Crippen molar-refractivity contribution in [2.75, 3.05) is 0 Å². The molecule has 0 aliphatic heterocycles. The first kappa shape index (κ1) is 16.1. The van der Waals surface area contributed by atoms with E-state index in [1.807, 2.05) is 18.2 Å². The second kappa shape index (κ2) is 6.65. The zero-order chi connectivity index (χ0) is 14.8. The van der Waals surface area contributed by atoms with Gasteiger partial charge in [-0.1, -0.05) is 49.9 Å². The second-order valence-corrected chi connectivity index (χ2v) is 7.28. The van der Waals surface area contributed by atoms with Gasteiger partial charge in [-0.05, 0) is 54.4 Å². The van der Waals surface area contributed by atoms with E-state index in [-0.39, 0.29) is 11.5 Å². The van der Waals surface area contributed by atoms with Gasteiger partial charge in [0.2, 0.25) is 0 Å². The van der Waals surface area contributed by atoms with Crippen molar-refractivity contribution in [1.29, 1.82) is 0 Å². The lowest BCUT2D eigenvalue weighted by molar-refractivity contribution is 0.156. The molecule has 1 aromatic carbocycles. The average molecular weight is 315 g/mol. The van der Waals surface area contributed by atoms with E-state index in [0.717, 1.165) is 17.0 Å². The number of rotatable bonds is 5. The first-order valence-electron chi connectivity index (χ1n) is 7.39. The number of nitrogens with two attached hydrogens (primary N) is 1. The van der Waals surface area contributed by atoms with E-state index < -0.39 is 0 Å². The topological polar surface area (TPSA) is 38.0 Å². The van der Waals surface area contributed by atoms with Crippen LogP contribution in [0.15, 0.2) is 18.2 Å². The Hall–Kier alpha value is -0.280. The summed E-state index contributed by atoms with van der Waals surface area (Å²) in [5.74, 6) is 6.55. The predicted octanol–water partition coefficient (Wildman–Crippen LogP) is 5.10. The number of halogens is 2. The number of benzene rings is 1. The van der Waals surface area contributed by atoms with E-state index in [1.54, 1.807) is 0 Å². The summed E-state index contributed by atoms with van der Waals surface area (Å²) in [5, 5.41) is 1.45. The molecule has 0 saturated heterocycles. The van der Waals surface area contributed by atoms with Crippen molar-refractivity contribution < 1.29 is 0 Å². The minimum atomic E-state index is 0.0681. The zero-order valence-electron chi connectivity index (χ0n) is 12.3. The largest absolute Gasteiger partial charge is 0.271 e. The maximum atomic E-state index is 6.39. The summed E-state index contributed by atoms with van der Waals surface area (Å²) in [7, 11) is 0. The van der Waals surface area contributed by atoms with Crippen LogP contribution < -0.4 is 11.3 Å². The summed E-state index contributed by atoms with van der Waals surface area (Å²) in [4.78, 5) is 0. The molecule has 0 aromatic heterocycles. The molecule has 0 radical (unpaired) electrons. The molecule has 0 spiro atoms. The molecule has 0 bridgehead atoms. The Balaban J connectivity index is 2.40. The van der Waals surface area contributed by atoms with E-state index in [0.29, 0.717) is 10.9 Å². The first-order chi connectivity index (χ1) is 9.48. The molecule has 1 aliphatic carbocycles. The van der Waals surface area contributed by atoms with Gasteiger partial charge in [0, 0.05) is 10.0 Å². The van der Waals surface area contributed by atoms with Crippen LogP contribution in [0.4, 0.5) is 0 Å². The molecule has 1 unspecified atom stereocenters. The highest BCUT2D eigenvalue weighted by molar-refractivity contribution is 6.33. The maximum Gasteiger partial charge on any atom is 0.0531 e. The molecule has 1 saturated carbocycles. The summed E-state index contributed by atoms with van der Waals surface area (Å²) in [6.45, 7) is 4.54. The fourth-order valence-electron chi connectivity index (χ4n) is 3.84. The summed E-state index contributed by atoms with van der Waals surface area (Å²) >= 11 is 12.5. The lowest BCUT2D eigenvalue weighted by Gasteiger charge is -2.39. The fraction of sp³-hybridized carbons (Fsp3) is 0.625. The van der Waals surface area contributed by atoms with E-state index in [9.17, 15) is 0 Å². The molecule has 3 N–H and O–H groups in total. The highest BCUT2D eigenvalue weighted by Crippen LogP contribution is 2.52. The molecule has 1 aliphatic rings. The average Bonchev–Trinajstić information content (AvgIpc) is 2.83. The van der Waals surface area contributed by atoms with Gasteiger partial charge in [0.15, 0.2) is 0 Å². The smallest absolute Gasteiger partial charge is 0.0531 e. The van der Waals surface area contributed by atoms with Gasteiger partial charge in [-0.25, -0.2) is 0 Å². The van der Waals surface area contributed by atoms with Crippen LogP contribution in [0.5, 0.6) is 0 Å². The van der Waals surface area contributed by atoms with Gasteiger partial charge < -0.3 is 0 Å². The standard InChI is InChI=1S/C16H24Cl2N2/c1-11(2)10-16(7-3-4-8-16)15(20-19)13-9-12(17)5-6-14(13)18/h5-6,9,11,15,20H,3-4,7-8,10,19H2,1-2H3. The van der Waals surface area contributed by atoms with Gasteiger partial charge in [0.1, 0.15) is 0 Å². The van der Waals surface area contributed by atoms with E-state index >= 15 is 0 Å². The molecule has 4 heteroatoms. The lowest BCUT2D eigenvalue weighted by Crippen LogP contribution is -2.41. The number of hydrogen-bond acceptors (Lipinski definition) is 2. The Morgan fingerprint density at radius 1 is 1.25 bits per heavy atom. The molecule has 112 valence electrons. The Morgan fingerprint density at radius 2 is 1.90 bits per heavy atom. The molecular weight excluding hydrogens is 291 g/mol. The number of hydrogen-bond donors (Lipinski definition) is 2. The summed E-state index contributed by atoms with van der Waals surface area (Å²) < 4.78 is 0. The van der Waals surface area contributed by atoms with Gasteiger partial charge in [-0.2, -0.15) is 0 Å². The van der Waals surface area contributed by atoms with Crippen LogP contribution in [0, 0.1) is 11.3 Å². The Labute approximate surface area is 132 Å². The van der Waals surface area contributed by atoms with Crippen LogP contribution in [0.1, 0.15) is 57.6 Å². The lowest BCUT2D eigenvalue weighted by atomic mass is 9.70. The van der Waals surface area contributed by atoms with Crippen molar-refractivity contribution in [1.82, 2.24) is 5.43 Å². The predicted molar refractivity (Wildman–Crippen MR) is 86.9 cm³/mol. The Kier molecular flexibility index (Phi) is 5.36. The molecule has 0 amide bonds. The third-order valence-electron chi connectivity index (χ3n) is 4.46. The van der Waals surface area contributed by atoms with Gasteiger partial charge in [0.05, 0.1) is 6.04 Å². The summed E-state index contributed by atoms with van der Waals surface area (Å²) in [5.41, 5.74) is 4.25. The first-order valence-corrected chi connectivity index (χ1v) is 8.15. The highest BCUT2D eigenvalue weighted by atomic mass is 35.5. The van der Waals surface area contributed by atoms with Crippen molar-refractivity contribution in [3.05, 3.63) is 33.8 Å². The Morgan fingerprint density at radius 3 is 2.45 bits per heavy atom. The van der Waals surface area contributed by atoms with Crippen LogP contribution in [-0.2, 0) is 0 Å². The summed E-state index contributed by atoms with van der Waals surface area (Å²) in [6.07, 6.45) is 6.09. The molecule has 1 fully saturated rings. The highest BCUT2D eigenvalue weighted by Gasteiger charge is 2.42. The number of hydrazine groups is 1. The van der Waals surface area contributed by atoms with Gasteiger partial charge in [-0.15, -0.1) is 0 Å². The monoisotopic (exact) mass is 314 g/mol. The van der Waals surface area contributed by atoms with Crippen LogP contribution in [-0.4, -0.2) is 0 Å². The van der Waals surface area contributed by atoms with E-state index in [1.165, 1.54) is 25.7 Å². The third-order valence-corrected chi connectivity index (χ3v) is 5.04. The molecule has 2 rings (SSSR count). The van der Waals surface area contributed by atoms with Crippen molar-refractivity contribution in [2.24, 2.45) is 17.2 Å². The van der Waals surface area contributed by atoms with Crippen LogP contribution in [0.3, 0.4) is 0 Å². The fourth-order valence-corrected chi connectivity index (χ4v) is 4.24. The zero-order valence-corrected chi connectivity index (χ0v) is 13.8. The normalized spacial score (nSPS) is 19.5. The Bertz CT molecular complexity index is 454. The van der Waals surface area contributed by atoms with Crippen LogP contribution >= 0.6 is 23.2 Å². The van der Waals surface area contributed by atoms with Crippen molar-refractivity contribution in [2.45, 2.75) is 52.0 Å². The minimum Gasteiger partial charge on any atom is -0.271 e. The second-order valence-electron chi connectivity index (χ2n) is 6.43.